The molecule has 1 aromatic heterocycles. The summed E-state index contributed by atoms with van der Waals surface area (Å²) in [5, 5.41) is 0. The topological polar surface area (TPSA) is 42.4 Å². The van der Waals surface area contributed by atoms with Gasteiger partial charge in [-0.05, 0) is 68.2 Å². The van der Waals surface area contributed by atoms with E-state index in [1.807, 2.05) is 46.8 Å². The molecule has 0 fully saturated rings. The van der Waals surface area contributed by atoms with Crippen molar-refractivity contribution in [2.75, 3.05) is 7.05 Å². The second kappa shape index (κ2) is 5.90. The third kappa shape index (κ3) is 4.82. The number of hydrogen-bond acceptors (Lipinski definition) is 3. The summed E-state index contributed by atoms with van der Waals surface area (Å²) in [4.78, 5) is 17.9. The zero-order chi connectivity index (χ0) is 14.8. The lowest BCUT2D eigenvalue weighted by molar-refractivity contribution is 0.0233. The summed E-state index contributed by atoms with van der Waals surface area (Å²) in [5.41, 5.74) is 1.45. The van der Waals surface area contributed by atoms with Crippen molar-refractivity contribution in [1.82, 2.24) is 9.88 Å². The minimum Gasteiger partial charge on any atom is -0.444 e. The van der Waals surface area contributed by atoms with Crippen molar-refractivity contribution in [1.29, 1.82) is 0 Å². The SMILES string of the molecule is Cc1cc([C@H](C)N(C)C(=O)OC(C)(C)C)cc(Br)n1. The van der Waals surface area contributed by atoms with E-state index in [1.165, 1.54) is 0 Å². The van der Waals surface area contributed by atoms with Crippen molar-refractivity contribution in [3.8, 4) is 0 Å². The summed E-state index contributed by atoms with van der Waals surface area (Å²) in [7, 11) is 1.74. The van der Waals surface area contributed by atoms with Crippen LogP contribution in [0.5, 0.6) is 0 Å². The van der Waals surface area contributed by atoms with E-state index in [0.29, 0.717) is 0 Å². The van der Waals surface area contributed by atoms with Crippen LogP contribution in [-0.2, 0) is 4.74 Å². The van der Waals surface area contributed by atoms with Gasteiger partial charge in [0.15, 0.2) is 0 Å². The van der Waals surface area contributed by atoms with Gasteiger partial charge in [0.1, 0.15) is 10.2 Å². The number of hydrogen-bond donors (Lipinski definition) is 0. The van der Waals surface area contributed by atoms with Crippen molar-refractivity contribution in [2.45, 2.75) is 46.3 Å². The molecule has 0 aromatic carbocycles. The van der Waals surface area contributed by atoms with E-state index in [4.69, 9.17) is 4.74 Å². The Bertz CT molecular complexity index is 449. The van der Waals surface area contributed by atoms with E-state index < -0.39 is 5.60 Å². The van der Waals surface area contributed by atoms with Crippen LogP contribution in [0, 0.1) is 6.92 Å². The Morgan fingerprint density at radius 3 is 2.47 bits per heavy atom. The van der Waals surface area contributed by atoms with Crippen LogP contribution in [0.25, 0.3) is 0 Å². The van der Waals surface area contributed by atoms with Gasteiger partial charge in [-0.15, -0.1) is 0 Å². The fourth-order valence-corrected chi connectivity index (χ4v) is 2.15. The summed E-state index contributed by atoms with van der Waals surface area (Å²) in [6, 6.07) is 3.81. The average molecular weight is 329 g/mol. The fourth-order valence-electron chi connectivity index (χ4n) is 1.61. The molecular weight excluding hydrogens is 308 g/mol. The van der Waals surface area contributed by atoms with Crippen LogP contribution in [-0.4, -0.2) is 28.6 Å². The van der Waals surface area contributed by atoms with Gasteiger partial charge in [-0.2, -0.15) is 0 Å². The van der Waals surface area contributed by atoms with Gasteiger partial charge in [-0.25, -0.2) is 9.78 Å². The first-order valence-electron chi connectivity index (χ1n) is 6.20. The van der Waals surface area contributed by atoms with E-state index in [0.717, 1.165) is 15.9 Å². The number of carbonyl (C=O) groups excluding carboxylic acids is 1. The molecule has 0 saturated carbocycles. The molecule has 0 aliphatic carbocycles. The molecule has 0 aliphatic heterocycles. The van der Waals surface area contributed by atoms with Crippen molar-refractivity contribution in [3.05, 3.63) is 28.0 Å². The maximum absolute atomic E-state index is 12.0. The van der Waals surface area contributed by atoms with Crippen LogP contribution >= 0.6 is 15.9 Å². The van der Waals surface area contributed by atoms with Crippen LogP contribution in [0.15, 0.2) is 16.7 Å². The molecule has 0 N–H and O–H groups in total. The lowest BCUT2D eigenvalue weighted by Gasteiger charge is -2.29. The molecule has 1 aromatic rings. The summed E-state index contributed by atoms with van der Waals surface area (Å²) in [5.74, 6) is 0. The quantitative estimate of drug-likeness (QED) is 0.768. The summed E-state index contributed by atoms with van der Waals surface area (Å²) in [6.45, 7) is 9.46. The van der Waals surface area contributed by atoms with E-state index >= 15 is 0 Å². The zero-order valence-corrected chi connectivity index (χ0v) is 13.9. The van der Waals surface area contributed by atoms with Crippen molar-refractivity contribution < 1.29 is 9.53 Å². The van der Waals surface area contributed by atoms with E-state index in [1.54, 1.807) is 11.9 Å². The first-order chi connectivity index (χ1) is 8.60. The molecular formula is C14H21BrN2O2. The van der Waals surface area contributed by atoms with Crippen LogP contribution in [0.1, 0.15) is 45.0 Å². The van der Waals surface area contributed by atoms with Gasteiger partial charge in [0.05, 0.1) is 6.04 Å². The van der Waals surface area contributed by atoms with Gasteiger partial charge >= 0.3 is 6.09 Å². The Kier molecular flexibility index (Phi) is 4.96. The molecule has 0 bridgehead atoms. The third-order valence-electron chi connectivity index (χ3n) is 2.69. The zero-order valence-electron chi connectivity index (χ0n) is 12.3. The predicted molar refractivity (Wildman–Crippen MR) is 79.1 cm³/mol. The highest BCUT2D eigenvalue weighted by atomic mass is 79.9. The Labute approximate surface area is 123 Å². The third-order valence-corrected chi connectivity index (χ3v) is 3.10. The first-order valence-corrected chi connectivity index (χ1v) is 6.99. The fraction of sp³-hybridized carbons (Fsp3) is 0.571. The Morgan fingerprint density at radius 1 is 1.42 bits per heavy atom. The van der Waals surface area contributed by atoms with Gasteiger partial charge in [0.25, 0.3) is 0 Å². The number of rotatable bonds is 2. The number of aromatic nitrogens is 1. The van der Waals surface area contributed by atoms with Gasteiger partial charge in [-0.3, -0.25) is 0 Å². The molecule has 1 heterocycles. The van der Waals surface area contributed by atoms with Gasteiger partial charge in [-0.1, -0.05) is 0 Å². The van der Waals surface area contributed by atoms with E-state index in [2.05, 4.69) is 20.9 Å². The molecule has 1 amide bonds. The van der Waals surface area contributed by atoms with Crippen molar-refractivity contribution in [3.63, 3.8) is 0 Å². The Balaban J connectivity index is 2.87. The van der Waals surface area contributed by atoms with Crippen molar-refractivity contribution >= 4 is 22.0 Å². The molecule has 0 radical (unpaired) electrons. The Hall–Kier alpha value is -1.10. The number of halogens is 1. The van der Waals surface area contributed by atoms with Gasteiger partial charge < -0.3 is 9.64 Å². The van der Waals surface area contributed by atoms with Gasteiger partial charge in [0.2, 0.25) is 0 Å². The number of ether oxygens (including phenoxy) is 1. The molecule has 5 heteroatoms. The maximum atomic E-state index is 12.0. The Morgan fingerprint density at radius 2 is 2.00 bits per heavy atom. The molecule has 19 heavy (non-hydrogen) atoms. The summed E-state index contributed by atoms with van der Waals surface area (Å²) in [6.07, 6.45) is -0.328. The molecule has 1 rings (SSSR count). The highest BCUT2D eigenvalue weighted by Gasteiger charge is 2.24. The van der Waals surface area contributed by atoms with Crippen LogP contribution < -0.4 is 0 Å². The van der Waals surface area contributed by atoms with Gasteiger partial charge in [0, 0.05) is 12.7 Å². The lowest BCUT2D eigenvalue weighted by Crippen LogP contribution is -2.35. The smallest absolute Gasteiger partial charge is 0.410 e. The monoisotopic (exact) mass is 328 g/mol. The molecule has 106 valence electrons. The second-order valence-corrected chi connectivity index (χ2v) is 6.44. The largest absolute Gasteiger partial charge is 0.444 e. The predicted octanol–water partition coefficient (Wildman–Crippen LogP) is 4.08. The van der Waals surface area contributed by atoms with Crippen LogP contribution in [0.3, 0.4) is 0 Å². The maximum Gasteiger partial charge on any atom is 0.410 e. The lowest BCUT2D eigenvalue weighted by atomic mass is 10.1. The molecule has 0 saturated heterocycles. The standard InChI is InChI=1S/C14H21BrN2O2/c1-9-7-11(8-12(15)16-9)10(2)17(6)13(18)19-14(3,4)5/h7-8,10H,1-6H3/t10-/m0/s1. The van der Waals surface area contributed by atoms with E-state index in [-0.39, 0.29) is 12.1 Å². The van der Waals surface area contributed by atoms with Crippen molar-refractivity contribution in [2.24, 2.45) is 0 Å². The number of carbonyl (C=O) groups is 1. The number of nitrogens with zero attached hydrogens (tertiary/aromatic N) is 2. The summed E-state index contributed by atoms with van der Waals surface area (Å²) < 4.78 is 6.13. The number of pyridine rings is 1. The molecule has 0 spiro atoms. The second-order valence-electron chi connectivity index (χ2n) is 5.63. The molecule has 1 atom stereocenters. The molecule has 0 unspecified atom stereocenters. The summed E-state index contributed by atoms with van der Waals surface area (Å²) >= 11 is 3.37. The van der Waals surface area contributed by atoms with Crippen LogP contribution in [0.2, 0.25) is 0 Å². The normalized spacial score (nSPS) is 13.0. The number of aryl methyl sites for hydroxylation is 1. The molecule has 0 aliphatic rings. The average Bonchev–Trinajstić information content (AvgIpc) is 2.23. The highest BCUT2D eigenvalue weighted by molar-refractivity contribution is 9.10. The van der Waals surface area contributed by atoms with Crippen LogP contribution in [0.4, 0.5) is 4.79 Å². The molecule has 4 nitrogen and oxygen atoms in total. The number of amides is 1. The minimum absolute atomic E-state index is 0.0761. The first kappa shape index (κ1) is 16.0. The minimum atomic E-state index is -0.486. The highest BCUT2D eigenvalue weighted by Crippen LogP contribution is 2.23. The van der Waals surface area contributed by atoms with E-state index in [9.17, 15) is 4.79 Å².